The fraction of sp³-hybridized carbons (Fsp3) is 0.583. The van der Waals surface area contributed by atoms with E-state index in [2.05, 4.69) is 16.0 Å². The predicted molar refractivity (Wildman–Crippen MR) is 59.5 cm³/mol. The van der Waals surface area contributed by atoms with Crippen LogP contribution < -0.4 is 0 Å². The minimum absolute atomic E-state index is 0.0868. The first-order valence-electron chi connectivity index (χ1n) is 5.56. The van der Waals surface area contributed by atoms with Gasteiger partial charge in [0.2, 0.25) is 0 Å². The molecule has 0 saturated carbocycles. The van der Waals surface area contributed by atoms with Crippen LogP contribution in [0, 0.1) is 6.92 Å². The van der Waals surface area contributed by atoms with E-state index in [4.69, 9.17) is 0 Å². The van der Waals surface area contributed by atoms with Gasteiger partial charge in [-0.2, -0.15) is 0 Å². The Morgan fingerprint density at radius 3 is 2.87 bits per heavy atom. The molecule has 0 radical (unpaired) electrons. The summed E-state index contributed by atoms with van der Waals surface area (Å²) < 4.78 is 0. The molecule has 1 aliphatic rings. The van der Waals surface area contributed by atoms with Gasteiger partial charge in [-0.3, -0.25) is 9.88 Å². The molecule has 0 atom stereocenters. The van der Waals surface area contributed by atoms with Gasteiger partial charge in [0.15, 0.2) is 0 Å². The van der Waals surface area contributed by atoms with Gasteiger partial charge < -0.3 is 5.11 Å². The molecule has 1 N–H and O–H groups in total. The molecule has 0 aromatic carbocycles. The quantitative estimate of drug-likeness (QED) is 0.793. The molecule has 1 saturated heterocycles. The van der Waals surface area contributed by atoms with Gasteiger partial charge in [-0.05, 0) is 31.4 Å². The molecule has 3 heteroatoms. The maximum Gasteiger partial charge on any atom is 0.0564 e. The van der Waals surface area contributed by atoms with Crippen molar-refractivity contribution in [2.45, 2.75) is 32.4 Å². The van der Waals surface area contributed by atoms with E-state index in [0.29, 0.717) is 0 Å². The fourth-order valence-electron chi connectivity index (χ4n) is 2.00. The summed E-state index contributed by atoms with van der Waals surface area (Å²) >= 11 is 0. The highest BCUT2D eigenvalue weighted by Gasteiger charge is 2.17. The van der Waals surface area contributed by atoms with Crippen molar-refractivity contribution in [1.29, 1.82) is 0 Å². The summed E-state index contributed by atoms with van der Waals surface area (Å²) in [5, 5.41) is 9.41. The van der Waals surface area contributed by atoms with Crippen LogP contribution in [0.15, 0.2) is 18.3 Å². The van der Waals surface area contributed by atoms with Crippen LogP contribution in [0.4, 0.5) is 0 Å². The first-order valence-corrected chi connectivity index (χ1v) is 5.56. The van der Waals surface area contributed by atoms with Crippen LogP contribution in [0.1, 0.15) is 24.1 Å². The molecular formula is C12H18N2O. The Bertz CT molecular complexity index is 319. The summed E-state index contributed by atoms with van der Waals surface area (Å²) in [5.41, 5.74) is 2.41. The highest BCUT2D eigenvalue weighted by atomic mass is 16.3. The molecular weight excluding hydrogens is 188 g/mol. The molecule has 0 spiro atoms. The second kappa shape index (κ2) is 4.73. The van der Waals surface area contributed by atoms with Gasteiger partial charge >= 0.3 is 0 Å². The summed E-state index contributed by atoms with van der Waals surface area (Å²) in [5.74, 6) is 0. The molecule has 1 aromatic rings. The first-order chi connectivity index (χ1) is 7.25. The van der Waals surface area contributed by atoms with E-state index in [0.717, 1.165) is 38.2 Å². The van der Waals surface area contributed by atoms with Crippen LogP contribution in [0.5, 0.6) is 0 Å². The summed E-state index contributed by atoms with van der Waals surface area (Å²) in [7, 11) is 0. The van der Waals surface area contributed by atoms with Crippen molar-refractivity contribution >= 4 is 0 Å². The molecule has 0 unspecified atom stereocenters. The zero-order chi connectivity index (χ0) is 10.7. The van der Waals surface area contributed by atoms with Gasteiger partial charge in [0.1, 0.15) is 0 Å². The molecule has 15 heavy (non-hydrogen) atoms. The monoisotopic (exact) mass is 206 g/mol. The molecule has 0 bridgehead atoms. The first kappa shape index (κ1) is 10.6. The Balaban J connectivity index is 1.95. The summed E-state index contributed by atoms with van der Waals surface area (Å²) in [6.07, 6.45) is 3.55. The minimum atomic E-state index is -0.0868. The lowest BCUT2D eigenvalue weighted by atomic mass is 10.1. The number of likely N-dealkylation sites (tertiary alicyclic amines) is 1. The summed E-state index contributed by atoms with van der Waals surface area (Å²) in [6.45, 7) is 5.01. The highest BCUT2D eigenvalue weighted by Crippen LogP contribution is 2.14. The molecule has 0 aliphatic carbocycles. The van der Waals surface area contributed by atoms with Crippen LogP contribution >= 0.6 is 0 Å². The van der Waals surface area contributed by atoms with E-state index < -0.39 is 0 Å². The number of piperidine rings is 1. The Labute approximate surface area is 90.8 Å². The van der Waals surface area contributed by atoms with E-state index in [1.165, 1.54) is 5.56 Å². The Hall–Kier alpha value is -0.930. The summed E-state index contributed by atoms with van der Waals surface area (Å²) in [6, 6.07) is 4.12. The van der Waals surface area contributed by atoms with Gasteiger partial charge in [0.05, 0.1) is 6.10 Å². The lowest BCUT2D eigenvalue weighted by Crippen LogP contribution is -2.35. The zero-order valence-electron chi connectivity index (χ0n) is 9.19. The number of nitrogens with zero attached hydrogens (tertiary/aromatic N) is 2. The summed E-state index contributed by atoms with van der Waals surface area (Å²) in [4.78, 5) is 6.67. The van der Waals surface area contributed by atoms with Crippen molar-refractivity contribution in [3.05, 3.63) is 29.6 Å². The van der Waals surface area contributed by atoms with Crippen LogP contribution in [0.3, 0.4) is 0 Å². The third kappa shape index (κ3) is 2.76. The van der Waals surface area contributed by atoms with Gasteiger partial charge in [-0.15, -0.1) is 0 Å². The molecule has 0 amide bonds. The number of rotatable bonds is 2. The van der Waals surface area contributed by atoms with E-state index in [9.17, 15) is 5.11 Å². The molecule has 82 valence electrons. The van der Waals surface area contributed by atoms with E-state index in [1.54, 1.807) is 0 Å². The average molecular weight is 206 g/mol. The molecule has 3 nitrogen and oxygen atoms in total. The van der Waals surface area contributed by atoms with Gasteiger partial charge in [-0.1, -0.05) is 6.07 Å². The Kier molecular flexibility index (Phi) is 3.34. The normalized spacial score (nSPS) is 19.3. The lowest BCUT2D eigenvalue weighted by Gasteiger charge is -2.29. The predicted octanol–water partition coefficient (Wildman–Crippen LogP) is 1.35. The second-order valence-electron chi connectivity index (χ2n) is 4.26. The second-order valence-corrected chi connectivity index (χ2v) is 4.26. The number of aliphatic hydroxyl groups excluding tert-OH is 1. The molecule has 1 fully saturated rings. The van der Waals surface area contributed by atoms with Crippen molar-refractivity contribution in [3.8, 4) is 0 Å². The molecule has 2 heterocycles. The van der Waals surface area contributed by atoms with E-state index in [1.807, 2.05) is 19.2 Å². The van der Waals surface area contributed by atoms with Crippen molar-refractivity contribution in [1.82, 2.24) is 9.88 Å². The van der Waals surface area contributed by atoms with Crippen LogP contribution in [0.25, 0.3) is 0 Å². The smallest absolute Gasteiger partial charge is 0.0564 e. The maximum absolute atomic E-state index is 9.41. The van der Waals surface area contributed by atoms with Crippen molar-refractivity contribution in [2.24, 2.45) is 0 Å². The molecule has 1 aliphatic heterocycles. The molecule has 1 aromatic heterocycles. The third-order valence-electron chi connectivity index (χ3n) is 3.07. The van der Waals surface area contributed by atoms with Gasteiger partial charge in [0.25, 0.3) is 0 Å². The van der Waals surface area contributed by atoms with Crippen LogP contribution in [0.2, 0.25) is 0 Å². The standard InChI is InChI=1S/C12H18N2O/c1-10-11(3-2-6-13-10)9-14-7-4-12(15)5-8-14/h2-3,6,12,15H,4-5,7-9H2,1H3. The number of aliphatic hydroxyl groups is 1. The van der Waals surface area contributed by atoms with Gasteiger partial charge in [0, 0.05) is 31.5 Å². The topological polar surface area (TPSA) is 36.4 Å². The number of aromatic nitrogens is 1. The van der Waals surface area contributed by atoms with Crippen molar-refractivity contribution < 1.29 is 5.11 Å². The minimum Gasteiger partial charge on any atom is -0.393 e. The number of hydrogen-bond donors (Lipinski definition) is 1. The number of hydrogen-bond acceptors (Lipinski definition) is 3. The van der Waals surface area contributed by atoms with Crippen LogP contribution in [-0.2, 0) is 6.54 Å². The molecule has 2 rings (SSSR count). The third-order valence-corrected chi connectivity index (χ3v) is 3.07. The fourth-order valence-corrected chi connectivity index (χ4v) is 2.00. The SMILES string of the molecule is Cc1ncccc1CN1CCC(O)CC1. The Morgan fingerprint density at radius 1 is 1.47 bits per heavy atom. The van der Waals surface area contributed by atoms with Crippen LogP contribution in [-0.4, -0.2) is 34.2 Å². The number of aryl methyl sites for hydroxylation is 1. The van der Waals surface area contributed by atoms with Crippen molar-refractivity contribution in [2.75, 3.05) is 13.1 Å². The highest BCUT2D eigenvalue weighted by molar-refractivity contribution is 5.18. The van der Waals surface area contributed by atoms with E-state index in [-0.39, 0.29) is 6.10 Å². The average Bonchev–Trinajstić information content (AvgIpc) is 2.25. The van der Waals surface area contributed by atoms with E-state index >= 15 is 0 Å². The largest absolute Gasteiger partial charge is 0.393 e. The van der Waals surface area contributed by atoms with Gasteiger partial charge in [-0.25, -0.2) is 0 Å². The van der Waals surface area contributed by atoms with Crippen molar-refractivity contribution in [3.63, 3.8) is 0 Å². The lowest BCUT2D eigenvalue weighted by molar-refractivity contribution is 0.0791. The Morgan fingerprint density at radius 2 is 2.20 bits per heavy atom. The number of pyridine rings is 1. The maximum atomic E-state index is 9.41. The zero-order valence-corrected chi connectivity index (χ0v) is 9.19.